The number of carbonyl (C=O) groups is 2. The van der Waals surface area contributed by atoms with Gasteiger partial charge in [0.25, 0.3) is 5.91 Å². The number of nitrogens with zero attached hydrogens (tertiary/aromatic N) is 4. The Morgan fingerprint density at radius 3 is 2.68 bits per heavy atom. The molecule has 4 aromatic rings. The number of anilines is 2. The van der Waals surface area contributed by atoms with Crippen molar-refractivity contribution in [1.82, 2.24) is 25.1 Å². The van der Waals surface area contributed by atoms with Crippen LogP contribution in [-0.2, 0) is 22.3 Å². The van der Waals surface area contributed by atoms with E-state index in [1.807, 2.05) is 30.7 Å². The fourth-order valence-corrected chi connectivity index (χ4v) is 4.98. The quantitative estimate of drug-likeness (QED) is 0.282. The number of nitrogen functional groups attached to an aromatic ring is 1. The van der Waals surface area contributed by atoms with Crippen molar-refractivity contribution in [3.05, 3.63) is 71.6 Å². The molecular formula is C31H32F3N7O3. The van der Waals surface area contributed by atoms with Crippen LogP contribution < -0.4 is 16.4 Å². The summed E-state index contributed by atoms with van der Waals surface area (Å²) < 4.78 is 46.8. The van der Waals surface area contributed by atoms with Gasteiger partial charge in [-0.25, -0.2) is 9.97 Å². The van der Waals surface area contributed by atoms with E-state index in [0.717, 1.165) is 29.4 Å². The maximum Gasteiger partial charge on any atom is 0.416 e. The summed E-state index contributed by atoms with van der Waals surface area (Å²) >= 11 is 0. The van der Waals surface area contributed by atoms with E-state index in [1.54, 1.807) is 30.5 Å². The van der Waals surface area contributed by atoms with Gasteiger partial charge < -0.3 is 21.1 Å². The number of benzene rings is 1. The van der Waals surface area contributed by atoms with Gasteiger partial charge in [0.2, 0.25) is 5.91 Å². The van der Waals surface area contributed by atoms with Crippen molar-refractivity contribution >= 4 is 40.4 Å². The Morgan fingerprint density at radius 2 is 1.93 bits per heavy atom. The second-order valence-electron chi connectivity index (χ2n) is 10.7. The van der Waals surface area contributed by atoms with Gasteiger partial charge in [0, 0.05) is 41.7 Å². The molecule has 0 spiro atoms. The number of pyridine rings is 2. The van der Waals surface area contributed by atoms with Crippen LogP contribution in [-0.4, -0.2) is 50.3 Å². The average molecular weight is 608 g/mol. The minimum atomic E-state index is -4.56. The minimum Gasteiger partial charge on any atom is -0.383 e. The summed E-state index contributed by atoms with van der Waals surface area (Å²) in [4.78, 5) is 33.5. The lowest BCUT2D eigenvalue weighted by atomic mass is 10.0. The van der Waals surface area contributed by atoms with E-state index >= 15 is 0 Å². The average Bonchev–Trinajstić information content (AvgIpc) is 3.37. The maximum atomic E-state index is 13.1. The van der Waals surface area contributed by atoms with Crippen molar-refractivity contribution in [2.45, 2.75) is 58.0 Å². The molecule has 230 valence electrons. The molecule has 0 aliphatic carbocycles. The summed E-state index contributed by atoms with van der Waals surface area (Å²) in [5.41, 5.74) is 8.51. The first kappa shape index (κ1) is 30.7. The zero-order chi connectivity index (χ0) is 31.4. The summed E-state index contributed by atoms with van der Waals surface area (Å²) in [6, 6.07) is 7.97. The third kappa shape index (κ3) is 7.05. The fourth-order valence-electron chi connectivity index (χ4n) is 4.98. The number of nitrogens with one attached hydrogen (secondary N) is 2. The molecule has 2 atom stereocenters. The number of hydrogen-bond acceptors (Lipinski definition) is 7. The molecule has 0 bridgehead atoms. The predicted octanol–water partition coefficient (Wildman–Crippen LogP) is 5.45. The second-order valence-corrected chi connectivity index (χ2v) is 10.7. The first-order valence-electron chi connectivity index (χ1n) is 14.2. The van der Waals surface area contributed by atoms with Crippen LogP contribution in [0.25, 0.3) is 28.2 Å². The first-order chi connectivity index (χ1) is 21.0. The van der Waals surface area contributed by atoms with E-state index in [2.05, 4.69) is 20.6 Å². The van der Waals surface area contributed by atoms with Crippen LogP contribution >= 0.6 is 0 Å². The molecule has 3 aromatic heterocycles. The molecule has 44 heavy (non-hydrogen) atoms. The number of aromatic nitrogens is 4. The van der Waals surface area contributed by atoms with Crippen LogP contribution in [0.15, 0.2) is 54.9 Å². The van der Waals surface area contributed by atoms with Gasteiger partial charge >= 0.3 is 6.18 Å². The van der Waals surface area contributed by atoms with Gasteiger partial charge in [0.05, 0.1) is 35.6 Å². The first-order valence-corrected chi connectivity index (χ1v) is 14.2. The molecule has 0 saturated carbocycles. The van der Waals surface area contributed by atoms with Crippen LogP contribution in [0.3, 0.4) is 0 Å². The van der Waals surface area contributed by atoms with Gasteiger partial charge in [0.1, 0.15) is 17.3 Å². The fraction of sp³-hybridized carbons (Fsp3) is 0.323. The topological polar surface area (TPSA) is 137 Å². The van der Waals surface area contributed by atoms with Crippen LogP contribution in [0, 0.1) is 0 Å². The zero-order valence-corrected chi connectivity index (χ0v) is 24.2. The molecule has 0 unspecified atom stereocenters. The van der Waals surface area contributed by atoms with Crippen molar-refractivity contribution < 1.29 is 27.5 Å². The Morgan fingerprint density at radius 1 is 1.16 bits per heavy atom. The lowest BCUT2D eigenvalue weighted by Crippen LogP contribution is -2.35. The van der Waals surface area contributed by atoms with Crippen molar-refractivity contribution in [3.63, 3.8) is 0 Å². The van der Waals surface area contributed by atoms with Crippen molar-refractivity contribution in [2.24, 2.45) is 0 Å². The molecule has 0 fully saturated rings. The number of carbonyl (C=O) groups excluding carboxylic acids is 2. The summed E-state index contributed by atoms with van der Waals surface area (Å²) in [5, 5.41) is 11.0. The van der Waals surface area contributed by atoms with Crippen LogP contribution in [0.4, 0.5) is 24.8 Å². The number of halogens is 3. The SMILES string of the molecule is C[C@@H]1CCn2nc(-c3ccc(C(=O)Nc4cc(C(F)(F)F)ccn4)cc3)c3c(N)ncc(c32)/C=C/CCO[C@H](C)CC(=O)N1. The number of hydrogen-bond donors (Lipinski definition) is 3. The lowest BCUT2D eigenvalue weighted by molar-refractivity contribution is -0.137. The molecule has 4 N–H and O–H groups in total. The lowest BCUT2D eigenvalue weighted by Gasteiger charge is -2.17. The highest BCUT2D eigenvalue weighted by Gasteiger charge is 2.31. The number of amides is 2. The van der Waals surface area contributed by atoms with Gasteiger partial charge in [-0.15, -0.1) is 0 Å². The Labute approximate surface area is 251 Å². The zero-order valence-electron chi connectivity index (χ0n) is 24.2. The minimum absolute atomic E-state index is 0.0801. The van der Waals surface area contributed by atoms with Crippen molar-refractivity contribution in [3.8, 4) is 11.3 Å². The Kier molecular flexibility index (Phi) is 8.95. The largest absolute Gasteiger partial charge is 0.416 e. The van der Waals surface area contributed by atoms with E-state index < -0.39 is 17.6 Å². The van der Waals surface area contributed by atoms with Crippen molar-refractivity contribution in [1.29, 1.82) is 0 Å². The number of nitrogens with two attached hydrogens (primary N) is 1. The smallest absolute Gasteiger partial charge is 0.383 e. The maximum absolute atomic E-state index is 13.1. The van der Waals surface area contributed by atoms with Gasteiger partial charge in [-0.05, 0) is 51.0 Å². The highest BCUT2D eigenvalue weighted by atomic mass is 19.4. The number of ether oxygens (including phenoxy) is 1. The molecule has 0 saturated heterocycles. The monoisotopic (exact) mass is 607 g/mol. The molecule has 1 aliphatic rings. The van der Waals surface area contributed by atoms with E-state index in [-0.39, 0.29) is 41.7 Å². The molecule has 0 radical (unpaired) electrons. The third-order valence-electron chi connectivity index (χ3n) is 7.21. The summed E-state index contributed by atoms with van der Waals surface area (Å²) in [6.07, 6.45) is 3.36. The summed E-state index contributed by atoms with van der Waals surface area (Å²) in [5.74, 6) is -0.624. The summed E-state index contributed by atoms with van der Waals surface area (Å²) in [6.45, 7) is 4.76. The Hall–Kier alpha value is -4.78. The normalized spacial score (nSPS) is 19.1. The van der Waals surface area contributed by atoms with Gasteiger partial charge in [-0.3, -0.25) is 14.3 Å². The van der Waals surface area contributed by atoms with Crippen LogP contribution in [0.5, 0.6) is 0 Å². The molecule has 1 aromatic carbocycles. The van der Waals surface area contributed by atoms with Crippen molar-refractivity contribution in [2.75, 3.05) is 17.7 Å². The van der Waals surface area contributed by atoms with E-state index in [9.17, 15) is 22.8 Å². The molecule has 1 aliphatic heterocycles. The third-order valence-corrected chi connectivity index (χ3v) is 7.21. The highest BCUT2D eigenvalue weighted by molar-refractivity contribution is 6.06. The predicted molar refractivity (Wildman–Crippen MR) is 160 cm³/mol. The van der Waals surface area contributed by atoms with Gasteiger partial charge in [0.15, 0.2) is 0 Å². The Bertz CT molecular complexity index is 1700. The standard InChI is InChI=1S/C31H32F3N7O3/c1-18-11-13-41-28-22(5-3-4-14-44-19(2)15-25(42)38-18)17-37-29(35)26(28)27(40-41)20-6-8-21(9-7-20)30(43)39-24-16-23(10-12-36-24)31(32,33)34/h3,5-10,12,16-19H,4,11,13-15H2,1-2H3,(H2,35,37)(H,38,42)(H,36,39,43)/b5-3+/t18-,19-/m1/s1. The Balaban J connectivity index is 1.46. The molecule has 2 amide bonds. The summed E-state index contributed by atoms with van der Waals surface area (Å²) in [7, 11) is 0. The second kappa shape index (κ2) is 12.8. The van der Waals surface area contributed by atoms with E-state index in [1.165, 1.54) is 0 Å². The molecule has 13 heteroatoms. The van der Waals surface area contributed by atoms with E-state index in [0.29, 0.717) is 42.6 Å². The molecule has 10 nitrogen and oxygen atoms in total. The van der Waals surface area contributed by atoms with Gasteiger partial charge in [-0.2, -0.15) is 18.3 Å². The number of aryl methyl sites for hydroxylation is 1. The molecule has 5 rings (SSSR count). The van der Waals surface area contributed by atoms with Crippen LogP contribution in [0.2, 0.25) is 0 Å². The van der Waals surface area contributed by atoms with E-state index in [4.69, 9.17) is 15.6 Å². The molecule has 4 heterocycles. The highest BCUT2D eigenvalue weighted by Crippen LogP contribution is 2.34. The molecular weight excluding hydrogens is 575 g/mol. The van der Waals surface area contributed by atoms with Gasteiger partial charge in [-0.1, -0.05) is 24.3 Å². The number of rotatable bonds is 3. The van der Waals surface area contributed by atoms with Crippen LogP contribution in [0.1, 0.15) is 54.6 Å². The number of alkyl halides is 3.